The third kappa shape index (κ3) is 0.844. The van der Waals surface area contributed by atoms with Crippen molar-refractivity contribution >= 4 is 31.9 Å². The molecule has 4 unspecified atom stereocenters. The molecule has 3 aliphatic rings. The largest absolute Gasteiger partial charge is 0.0896 e. The summed E-state index contributed by atoms with van der Waals surface area (Å²) in [6.07, 6.45) is 2.86. The number of hydrogen-bond acceptors (Lipinski definition) is 0. The van der Waals surface area contributed by atoms with Gasteiger partial charge >= 0.3 is 0 Å². The van der Waals surface area contributed by atoms with E-state index in [2.05, 4.69) is 52.6 Å². The number of fused-ring (bicyclic) bond motifs is 2. The number of hydrogen-bond donors (Lipinski definition) is 0. The second-order valence-electron chi connectivity index (χ2n) is 6.07. The Hall–Kier alpha value is 0.960. The summed E-state index contributed by atoms with van der Waals surface area (Å²) in [5.74, 6) is 2.90. The Labute approximate surface area is 97.1 Å². The fourth-order valence-corrected chi connectivity index (χ4v) is 5.83. The van der Waals surface area contributed by atoms with Crippen molar-refractivity contribution in [3.05, 3.63) is 0 Å². The Bertz CT molecular complexity index is 282. The zero-order valence-corrected chi connectivity index (χ0v) is 11.6. The van der Waals surface area contributed by atoms with Crippen LogP contribution in [0.2, 0.25) is 0 Å². The lowest BCUT2D eigenvalue weighted by Crippen LogP contribution is -2.08. The molecule has 0 aromatic carbocycles. The highest BCUT2D eigenvalue weighted by Gasteiger charge is 2.79. The van der Waals surface area contributed by atoms with Gasteiger partial charge in [0.1, 0.15) is 0 Å². The average molecular weight is 308 g/mol. The third-order valence-electron chi connectivity index (χ3n) is 5.31. The Balaban J connectivity index is 1.87. The van der Waals surface area contributed by atoms with Crippen LogP contribution in [0.3, 0.4) is 0 Å². The molecule has 0 aromatic heterocycles. The SMILES string of the molecule is CC1(C)C2CC3C(Br)(Br)C3(C)CC21. The van der Waals surface area contributed by atoms with Crippen molar-refractivity contribution < 1.29 is 0 Å². The first-order valence-corrected chi connectivity index (χ1v) is 6.78. The molecule has 3 aliphatic carbocycles. The molecule has 0 aromatic rings. The van der Waals surface area contributed by atoms with Gasteiger partial charge in [-0.3, -0.25) is 0 Å². The molecule has 4 atom stereocenters. The normalized spacial score (nSPS) is 59.3. The minimum Gasteiger partial charge on any atom is -0.0718 e. The van der Waals surface area contributed by atoms with Crippen LogP contribution in [0.15, 0.2) is 0 Å². The topological polar surface area (TPSA) is 0 Å². The van der Waals surface area contributed by atoms with E-state index in [1.165, 1.54) is 12.8 Å². The zero-order chi connectivity index (χ0) is 9.65. The van der Waals surface area contributed by atoms with Gasteiger partial charge in [0.05, 0.1) is 3.23 Å². The van der Waals surface area contributed by atoms with E-state index in [1.54, 1.807) is 0 Å². The van der Waals surface area contributed by atoms with E-state index in [0.717, 1.165) is 17.8 Å². The molecule has 0 N–H and O–H groups in total. The number of alkyl halides is 2. The van der Waals surface area contributed by atoms with Gasteiger partial charge in [0.2, 0.25) is 0 Å². The minimum absolute atomic E-state index is 0.288. The van der Waals surface area contributed by atoms with Crippen LogP contribution in [0.5, 0.6) is 0 Å². The van der Waals surface area contributed by atoms with E-state index in [-0.39, 0.29) is 3.23 Å². The van der Waals surface area contributed by atoms with Crippen molar-refractivity contribution in [3.8, 4) is 0 Å². The molecule has 2 heteroatoms. The first-order chi connectivity index (χ1) is 5.82. The van der Waals surface area contributed by atoms with Crippen molar-refractivity contribution in [2.24, 2.45) is 28.6 Å². The number of halogens is 2. The minimum atomic E-state index is 0.288. The second kappa shape index (κ2) is 2.07. The summed E-state index contributed by atoms with van der Waals surface area (Å²) in [5, 5.41) is 0. The van der Waals surface area contributed by atoms with Crippen molar-refractivity contribution in [3.63, 3.8) is 0 Å². The molecule has 3 saturated carbocycles. The van der Waals surface area contributed by atoms with E-state index in [1.807, 2.05) is 0 Å². The monoisotopic (exact) mass is 306 g/mol. The van der Waals surface area contributed by atoms with Gasteiger partial charge in [-0.15, -0.1) is 0 Å². The fraction of sp³-hybridized carbons (Fsp3) is 1.00. The lowest BCUT2D eigenvalue weighted by Gasteiger charge is -2.15. The predicted molar refractivity (Wildman–Crippen MR) is 62.2 cm³/mol. The molecule has 0 nitrogen and oxygen atoms in total. The smallest absolute Gasteiger partial charge is 0.0718 e. The van der Waals surface area contributed by atoms with Gasteiger partial charge in [0, 0.05) is 0 Å². The molecule has 0 saturated heterocycles. The van der Waals surface area contributed by atoms with Gasteiger partial charge in [-0.05, 0) is 41.4 Å². The Morgan fingerprint density at radius 1 is 1.08 bits per heavy atom. The Morgan fingerprint density at radius 3 is 2.23 bits per heavy atom. The lowest BCUT2D eigenvalue weighted by molar-refractivity contribution is 0.348. The summed E-state index contributed by atoms with van der Waals surface area (Å²) in [4.78, 5) is 0. The molecular formula is C11H16Br2. The van der Waals surface area contributed by atoms with Crippen LogP contribution in [0.1, 0.15) is 33.6 Å². The summed E-state index contributed by atoms with van der Waals surface area (Å²) in [6.45, 7) is 7.33. The van der Waals surface area contributed by atoms with Gasteiger partial charge < -0.3 is 0 Å². The highest BCUT2D eigenvalue weighted by Crippen LogP contribution is 2.84. The molecule has 0 bridgehead atoms. The predicted octanol–water partition coefficient (Wildman–Crippen LogP) is 4.17. The van der Waals surface area contributed by atoms with Crippen LogP contribution >= 0.6 is 31.9 Å². The van der Waals surface area contributed by atoms with Crippen LogP contribution in [0.25, 0.3) is 0 Å². The molecule has 74 valence electrons. The molecule has 3 rings (SSSR count). The van der Waals surface area contributed by atoms with Gasteiger partial charge in [0.25, 0.3) is 0 Å². The molecular weight excluding hydrogens is 292 g/mol. The van der Waals surface area contributed by atoms with Crippen LogP contribution in [-0.4, -0.2) is 3.23 Å². The summed E-state index contributed by atoms with van der Waals surface area (Å²) >= 11 is 7.68. The van der Waals surface area contributed by atoms with Crippen molar-refractivity contribution in [1.82, 2.24) is 0 Å². The lowest BCUT2D eigenvalue weighted by atomic mass is 9.90. The molecule has 0 heterocycles. The van der Waals surface area contributed by atoms with Crippen molar-refractivity contribution in [2.45, 2.75) is 36.8 Å². The van der Waals surface area contributed by atoms with Gasteiger partial charge in [-0.25, -0.2) is 0 Å². The van der Waals surface area contributed by atoms with E-state index in [0.29, 0.717) is 10.8 Å². The molecule has 13 heavy (non-hydrogen) atoms. The highest BCUT2D eigenvalue weighted by molar-refractivity contribution is 9.25. The van der Waals surface area contributed by atoms with Gasteiger partial charge in [0.15, 0.2) is 0 Å². The Kier molecular flexibility index (Phi) is 1.46. The third-order valence-corrected chi connectivity index (χ3v) is 8.22. The maximum Gasteiger partial charge on any atom is 0.0896 e. The zero-order valence-electron chi connectivity index (χ0n) is 8.40. The summed E-state index contributed by atoms with van der Waals surface area (Å²) < 4.78 is 0.288. The quantitative estimate of drug-likeness (QED) is 0.589. The van der Waals surface area contributed by atoms with Crippen LogP contribution in [-0.2, 0) is 0 Å². The average Bonchev–Trinajstić information content (AvgIpc) is 2.67. The first-order valence-electron chi connectivity index (χ1n) is 5.19. The molecule has 3 fully saturated rings. The van der Waals surface area contributed by atoms with E-state index in [9.17, 15) is 0 Å². The van der Waals surface area contributed by atoms with Crippen molar-refractivity contribution in [1.29, 1.82) is 0 Å². The number of rotatable bonds is 0. The molecule has 0 aliphatic heterocycles. The molecule has 0 spiro atoms. The fourth-order valence-electron chi connectivity index (χ4n) is 3.80. The maximum absolute atomic E-state index is 3.84. The summed E-state index contributed by atoms with van der Waals surface area (Å²) in [6, 6.07) is 0. The maximum atomic E-state index is 3.84. The standard InChI is InChI=1S/C11H16Br2/c1-9(2)6-4-8-10(3,5-7(6)9)11(8,12)13/h6-8H,4-5H2,1-3H3. The first kappa shape index (κ1) is 9.21. The van der Waals surface area contributed by atoms with Crippen LogP contribution in [0.4, 0.5) is 0 Å². The van der Waals surface area contributed by atoms with Crippen LogP contribution < -0.4 is 0 Å². The summed E-state index contributed by atoms with van der Waals surface area (Å²) in [7, 11) is 0. The van der Waals surface area contributed by atoms with Gasteiger partial charge in [-0.2, -0.15) is 0 Å². The second-order valence-corrected chi connectivity index (χ2v) is 9.63. The molecule has 0 amide bonds. The van der Waals surface area contributed by atoms with E-state index >= 15 is 0 Å². The molecule has 0 radical (unpaired) electrons. The summed E-state index contributed by atoms with van der Waals surface area (Å²) in [5.41, 5.74) is 1.20. The van der Waals surface area contributed by atoms with Crippen LogP contribution in [0, 0.1) is 28.6 Å². The van der Waals surface area contributed by atoms with Crippen molar-refractivity contribution in [2.75, 3.05) is 0 Å². The van der Waals surface area contributed by atoms with E-state index in [4.69, 9.17) is 0 Å². The Morgan fingerprint density at radius 2 is 1.69 bits per heavy atom. The van der Waals surface area contributed by atoms with Gasteiger partial charge in [-0.1, -0.05) is 52.6 Å². The highest BCUT2D eigenvalue weighted by atomic mass is 79.9. The van der Waals surface area contributed by atoms with E-state index < -0.39 is 0 Å².